The molecule has 28 heavy (non-hydrogen) atoms. The van der Waals surface area contributed by atoms with Gasteiger partial charge >= 0.3 is 41.9 Å². The molecule has 0 aliphatic rings. The highest BCUT2D eigenvalue weighted by Crippen LogP contribution is 2.60. The number of aliphatic hydroxyl groups is 1. The molecule has 0 rings (SSSR count). The largest absolute Gasteiger partial charge is 0.473 e. The van der Waals surface area contributed by atoms with E-state index in [1.807, 2.05) is 0 Å². The van der Waals surface area contributed by atoms with E-state index in [0.29, 0.717) is 0 Å². The number of ether oxygens (including phenoxy) is 1. The number of rotatable bonds is 8. The molecule has 0 saturated carbocycles. The molecular formula is C12H9F13O3. The summed E-state index contributed by atoms with van der Waals surface area (Å²) in [6, 6.07) is 0. The Labute approximate surface area is 146 Å². The van der Waals surface area contributed by atoms with Crippen LogP contribution in [0.4, 0.5) is 57.1 Å². The fourth-order valence-corrected chi connectivity index (χ4v) is 1.45. The summed E-state index contributed by atoms with van der Waals surface area (Å²) in [5.41, 5.74) is -1.26. The lowest BCUT2D eigenvalue weighted by molar-refractivity contribution is -0.460. The van der Waals surface area contributed by atoms with Crippen molar-refractivity contribution in [3.05, 3.63) is 12.2 Å². The third-order valence-corrected chi connectivity index (χ3v) is 2.96. The second kappa shape index (κ2) is 7.26. The molecule has 0 bridgehead atoms. The Bertz CT molecular complexity index is 606. The summed E-state index contributed by atoms with van der Waals surface area (Å²) in [5, 5.41) is 8.82. The maximum absolute atomic E-state index is 13.2. The van der Waals surface area contributed by atoms with Gasteiger partial charge in [0, 0.05) is 12.0 Å². The van der Waals surface area contributed by atoms with Crippen molar-refractivity contribution in [1.82, 2.24) is 0 Å². The first-order valence-corrected chi connectivity index (χ1v) is 6.52. The van der Waals surface area contributed by atoms with E-state index in [2.05, 4.69) is 11.3 Å². The zero-order valence-corrected chi connectivity index (χ0v) is 13.2. The first-order valence-electron chi connectivity index (χ1n) is 6.52. The molecule has 166 valence electrons. The maximum Gasteiger partial charge on any atom is 0.473 e. The number of carbonyl (C=O) groups excluding carboxylic acids is 1. The molecule has 0 heterocycles. The number of alkyl halides is 13. The van der Waals surface area contributed by atoms with Crippen LogP contribution in [0.3, 0.4) is 0 Å². The van der Waals surface area contributed by atoms with E-state index in [0.717, 1.165) is 6.92 Å². The minimum atomic E-state index is -8.09. The van der Waals surface area contributed by atoms with E-state index in [1.54, 1.807) is 0 Å². The Morgan fingerprint density at radius 1 is 0.821 bits per heavy atom. The van der Waals surface area contributed by atoms with Gasteiger partial charge in [-0.3, -0.25) is 0 Å². The molecule has 0 saturated heterocycles. The molecule has 0 fully saturated rings. The number of aliphatic hydroxyl groups excluding tert-OH is 1. The second-order valence-electron chi connectivity index (χ2n) is 5.36. The van der Waals surface area contributed by atoms with Crippen molar-refractivity contribution in [2.45, 2.75) is 55.4 Å². The Morgan fingerprint density at radius 2 is 1.18 bits per heavy atom. The van der Waals surface area contributed by atoms with Crippen LogP contribution in [0.15, 0.2) is 12.2 Å². The van der Waals surface area contributed by atoms with Crippen LogP contribution in [0.2, 0.25) is 0 Å². The lowest BCUT2D eigenvalue weighted by atomic mass is 9.97. The number of esters is 1. The molecule has 0 amide bonds. The first-order chi connectivity index (χ1) is 12.0. The van der Waals surface area contributed by atoms with Gasteiger partial charge in [0.15, 0.2) is 0 Å². The second-order valence-corrected chi connectivity index (χ2v) is 5.36. The number of halogens is 13. The van der Waals surface area contributed by atoms with E-state index in [4.69, 9.17) is 5.11 Å². The van der Waals surface area contributed by atoms with E-state index >= 15 is 0 Å². The Hall–Kier alpha value is -1.74. The van der Waals surface area contributed by atoms with E-state index in [9.17, 15) is 61.9 Å². The van der Waals surface area contributed by atoms with Crippen molar-refractivity contribution < 1.29 is 71.7 Å². The Morgan fingerprint density at radius 3 is 1.50 bits per heavy atom. The number of hydrogen-bond donors (Lipinski definition) is 1. The van der Waals surface area contributed by atoms with Gasteiger partial charge in [-0.15, -0.1) is 0 Å². The number of carbonyl (C=O) groups is 1. The third-order valence-electron chi connectivity index (χ3n) is 2.96. The van der Waals surface area contributed by atoms with Crippen molar-refractivity contribution in [2.24, 2.45) is 0 Å². The van der Waals surface area contributed by atoms with Crippen LogP contribution in [0.1, 0.15) is 13.3 Å². The first kappa shape index (κ1) is 26.3. The van der Waals surface area contributed by atoms with Crippen molar-refractivity contribution in [2.75, 3.05) is 0 Å². The Kier molecular flexibility index (Phi) is 6.81. The zero-order chi connectivity index (χ0) is 23.1. The number of hydrogen-bond acceptors (Lipinski definition) is 3. The van der Waals surface area contributed by atoms with Gasteiger partial charge in [-0.2, -0.15) is 57.1 Å². The van der Waals surface area contributed by atoms with Crippen molar-refractivity contribution in [1.29, 1.82) is 0 Å². The molecule has 16 heteroatoms. The molecule has 0 aromatic carbocycles. The van der Waals surface area contributed by atoms with E-state index in [-0.39, 0.29) is 0 Å². The fourth-order valence-electron chi connectivity index (χ4n) is 1.45. The topological polar surface area (TPSA) is 46.5 Å². The molecule has 0 aromatic rings. The van der Waals surface area contributed by atoms with E-state index in [1.165, 1.54) is 0 Å². The fraction of sp³-hybridized carbons (Fsp3) is 0.750. The highest BCUT2D eigenvalue weighted by molar-refractivity contribution is 5.88. The van der Waals surface area contributed by atoms with Gasteiger partial charge in [0.05, 0.1) is 6.10 Å². The Balaban J connectivity index is 6.05. The molecule has 0 aliphatic carbocycles. The molecular weight excluding hydrogens is 439 g/mol. The average molecular weight is 448 g/mol. The lowest BCUT2D eigenvalue weighted by Crippen LogP contribution is -2.70. The molecule has 1 unspecified atom stereocenters. The van der Waals surface area contributed by atoms with Crippen molar-refractivity contribution in [3.63, 3.8) is 0 Å². The predicted molar refractivity (Wildman–Crippen MR) is 62.3 cm³/mol. The van der Waals surface area contributed by atoms with Crippen LogP contribution in [0.5, 0.6) is 0 Å². The summed E-state index contributed by atoms with van der Waals surface area (Å²) in [5.74, 6) is -34.4. The van der Waals surface area contributed by atoms with Crippen molar-refractivity contribution >= 4 is 5.97 Å². The zero-order valence-electron chi connectivity index (χ0n) is 13.2. The van der Waals surface area contributed by atoms with Gasteiger partial charge in [0.25, 0.3) is 0 Å². The quantitative estimate of drug-likeness (QED) is 0.337. The maximum atomic E-state index is 13.2. The summed E-state index contributed by atoms with van der Waals surface area (Å²) in [6.07, 6.45) is -17.0. The minimum absolute atomic E-state index is 0.902. The molecule has 0 aromatic heterocycles. The summed E-state index contributed by atoms with van der Waals surface area (Å²) >= 11 is 0. The van der Waals surface area contributed by atoms with Crippen LogP contribution in [0.25, 0.3) is 0 Å². The van der Waals surface area contributed by atoms with Gasteiger partial charge in [-0.25, -0.2) is 4.79 Å². The van der Waals surface area contributed by atoms with Gasteiger partial charge in [0.1, 0.15) is 0 Å². The summed E-state index contributed by atoms with van der Waals surface area (Å²) in [4.78, 5) is 11.1. The summed E-state index contributed by atoms with van der Waals surface area (Å²) in [6.45, 7) is 3.53. The third kappa shape index (κ3) is 4.15. The highest BCUT2D eigenvalue weighted by atomic mass is 19.4. The minimum Gasteiger partial charge on any atom is -0.393 e. The van der Waals surface area contributed by atoms with Gasteiger partial charge in [-0.1, -0.05) is 6.58 Å². The van der Waals surface area contributed by atoms with Gasteiger partial charge < -0.3 is 9.84 Å². The average Bonchev–Trinajstić information content (AvgIpc) is 2.43. The SMILES string of the molecule is C=C(CC(C)O)C(=O)OC(F)(F)C(F)(F)C(F)(F)C(F)(F)C(F)(F)C(F)(F)F. The lowest BCUT2D eigenvalue weighted by Gasteiger charge is -2.38. The summed E-state index contributed by atoms with van der Waals surface area (Å²) < 4.78 is 168. The molecule has 1 N–H and O–H groups in total. The highest BCUT2D eigenvalue weighted by Gasteiger charge is 2.91. The van der Waals surface area contributed by atoms with Crippen LogP contribution >= 0.6 is 0 Å². The molecule has 0 radical (unpaired) electrons. The van der Waals surface area contributed by atoms with Crippen LogP contribution in [0, 0.1) is 0 Å². The summed E-state index contributed by atoms with van der Waals surface area (Å²) in [7, 11) is 0. The predicted octanol–water partition coefficient (Wildman–Crippen LogP) is 4.55. The van der Waals surface area contributed by atoms with Crippen LogP contribution < -0.4 is 0 Å². The molecule has 0 spiro atoms. The molecule has 3 nitrogen and oxygen atoms in total. The van der Waals surface area contributed by atoms with Crippen molar-refractivity contribution in [3.8, 4) is 0 Å². The van der Waals surface area contributed by atoms with Gasteiger partial charge in [0.2, 0.25) is 0 Å². The monoisotopic (exact) mass is 448 g/mol. The normalized spacial score (nSPS) is 16.0. The van der Waals surface area contributed by atoms with Crippen LogP contribution in [-0.2, 0) is 9.53 Å². The van der Waals surface area contributed by atoms with E-state index < -0.39 is 60.0 Å². The van der Waals surface area contributed by atoms with Gasteiger partial charge in [-0.05, 0) is 6.92 Å². The van der Waals surface area contributed by atoms with Crippen LogP contribution in [-0.4, -0.2) is 53.2 Å². The smallest absolute Gasteiger partial charge is 0.393 e. The standard InChI is InChI=1S/C12H9F13O3/c1-4(3-5(2)26)6(27)28-12(24,25)10(19,20)8(15,16)7(13,14)9(17,18)11(21,22)23/h5,26H,1,3H2,2H3. The molecule has 0 aliphatic heterocycles. The molecule has 1 atom stereocenters.